The second kappa shape index (κ2) is 13.8. The number of amides is 3. The fourth-order valence-corrected chi connectivity index (χ4v) is 8.63. The third-order valence-electron chi connectivity index (χ3n) is 11.4. The number of carbonyl (C=O) groups is 3. The Bertz CT molecular complexity index is 2270. The number of halogens is 1. The van der Waals surface area contributed by atoms with Crippen LogP contribution < -0.4 is 19.9 Å². The van der Waals surface area contributed by atoms with Gasteiger partial charge < -0.3 is 19.6 Å². The maximum absolute atomic E-state index is 15.5. The minimum absolute atomic E-state index is 0.0111. The van der Waals surface area contributed by atoms with Crippen molar-refractivity contribution in [2.24, 2.45) is 0 Å². The maximum Gasteiger partial charge on any atom is 0.249 e. The zero-order valence-electron chi connectivity index (χ0n) is 29.5. The number of nitrogens with zero attached hydrogens (tertiary/aromatic N) is 7. The van der Waals surface area contributed by atoms with Gasteiger partial charge in [0, 0.05) is 42.9 Å². The van der Waals surface area contributed by atoms with Gasteiger partial charge in [-0.1, -0.05) is 12.1 Å². The van der Waals surface area contributed by atoms with E-state index < -0.39 is 6.04 Å². The van der Waals surface area contributed by atoms with E-state index in [0.29, 0.717) is 72.3 Å². The number of piperidine rings is 1. The molecule has 3 aliphatic heterocycles. The highest BCUT2D eigenvalue weighted by Crippen LogP contribution is 2.46. The third-order valence-corrected chi connectivity index (χ3v) is 11.4. The molecule has 4 aliphatic rings. The first-order valence-corrected chi connectivity index (χ1v) is 18.5. The first-order chi connectivity index (χ1) is 26.3. The van der Waals surface area contributed by atoms with Crippen molar-refractivity contribution >= 4 is 40.1 Å². The van der Waals surface area contributed by atoms with E-state index in [9.17, 15) is 19.5 Å². The van der Waals surface area contributed by atoms with E-state index >= 15 is 4.39 Å². The van der Waals surface area contributed by atoms with Crippen LogP contribution >= 0.6 is 0 Å². The summed E-state index contributed by atoms with van der Waals surface area (Å²) in [6.07, 6.45) is 7.45. The van der Waals surface area contributed by atoms with Gasteiger partial charge in [-0.15, -0.1) is 10.2 Å². The molecule has 54 heavy (non-hydrogen) atoms. The number of benzene rings is 2. The first-order valence-electron chi connectivity index (χ1n) is 18.5. The van der Waals surface area contributed by atoms with Gasteiger partial charge in [-0.25, -0.2) is 9.37 Å². The average molecular weight is 731 g/mol. The highest BCUT2D eigenvalue weighted by atomic mass is 19.1. The number of aromatic nitrogens is 4. The number of fused-ring (bicyclic) bond motifs is 2. The summed E-state index contributed by atoms with van der Waals surface area (Å²) in [7, 11) is 0. The normalized spacial score (nSPS) is 22.2. The number of anilines is 2. The molecule has 0 spiro atoms. The van der Waals surface area contributed by atoms with Gasteiger partial charge in [-0.2, -0.15) is 0 Å². The van der Waals surface area contributed by atoms with Crippen LogP contribution in [0.3, 0.4) is 0 Å². The predicted molar refractivity (Wildman–Crippen MR) is 198 cm³/mol. The van der Waals surface area contributed by atoms with E-state index in [-0.39, 0.29) is 47.7 Å². The summed E-state index contributed by atoms with van der Waals surface area (Å²) >= 11 is 0. The molecule has 5 aromatic rings. The van der Waals surface area contributed by atoms with Crippen molar-refractivity contribution in [1.82, 2.24) is 30.0 Å². The van der Waals surface area contributed by atoms with Crippen LogP contribution in [0.1, 0.15) is 50.0 Å². The van der Waals surface area contributed by atoms with Crippen molar-refractivity contribution in [3.8, 4) is 28.6 Å². The summed E-state index contributed by atoms with van der Waals surface area (Å²) in [4.78, 5) is 48.7. The molecule has 1 aliphatic carbocycles. The number of piperazine rings is 1. The lowest BCUT2D eigenvalue weighted by Crippen LogP contribution is -2.54. The smallest absolute Gasteiger partial charge is 0.249 e. The van der Waals surface area contributed by atoms with E-state index in [0.717, 1.165) is 43.4 Å². The molecule has 2 aromatic carbocycles. The van der Waals surface area contributed by atoms with Crippen LogP contribution in [0.5, 0.6) is 11.5 Å². The van der Waals surface area contributed by atoms with Gasteiger partial charge in [0.25, 0.3) is 0 Å². The molecule has 6 heterocycles. The molecule has 13 nitrogen and oxygen atoms in total. The highest BCUT2D eigenvalue weighted by molar-refractivity contribution is 6.02. The number of imide groups is 1. The van der Waals surface area contributed by atoms with Gasteiger partial charge in [0.2, 0.25) is 17.7 Å². The lowest BCUT2D eigenvalue weighted by atomic mass is 9.80. The Morgan fingerprint density at radius 2 is 1.76 bits per heavy atom. The van der Waals surface area contributed by atoms with Crippen LogP contribution in [-0.4, -0.2) is 92.3 Å². The van der Waals surface area contributed by atoms with Crippen LogP contribution in [0.25, 0.3) is 28.1 Å². The molecular formula is C40H39FN8O5. The van der Waals surface area contributed by atoms with E-state index in [1.807, 2.05) is 46.0 Å². The lowest BCUT2D eigenvalue weighted by molar-refractivity contribution is -0.134. The SMILES string of the molecule is O=C1CCC(N2CCOc3c2ccc(F)c3C2CCC(N3CCN(c4ccc(-n5ccc6nnc(-c7ccccc7O)cc65)nc4)C(=O)C3)CC2)C(=O)N1. The van der Waals surface area contributed by atoms with E-state index in [4.69, 9.17) is 9.72 Å². The number of aromatic hydroxyl groups is 1. The summed E-state index contributed by atoms with van der Waals surface area (Å²) in [5.74, 6) is 0.375. The molecule has 276 valence electrons. The van der Waals surface area contributed by atoms with Crippen molar-refractivity contribution in [3.63, 3.8) is 0 Å². The number of ether oxygens (including phenoxy) is 1. The molecule has 0 bridgehead atoms. The van der Waals surface area contributed by atoms with Gasteiger partial charge in [-0.05, 0) is 86.6 Å². The molecule has 3 fully saturated rings. The molecule has 3 aromatic heterocycles. The van der Waals surface area contributed by atoms with Crippen molar-refractivity contribution in [2.45, 2.75) is 56.5 Å². The molecule has 1 unspecified atom stereocenters. The zero-order chi connectivity index (χ0) is 36.9. The monoisotopic (exact) mass is 730 g/mol. The highest BCUT2D eigenvalue weighted by Gasteiger charge is 2.38. The topological polar surface area (TPSA) is 146 Å². The molecule has 1 saturated carbocycles. The molecule has 9 rings (SSSR count). The number of hydrogen-bond donors (Lipinski definition) is 2. The Hall–Kier alpha value is -5.89. The molecule has 1 atom stereocenters. The second-order valence-corrected chi connectivity index (χ2v) is 14.4. The summed E-state index contributed by atoms with van der Waals surface area (Å²) in [5, 5.41) is 21.4. The summed E-state index contributed by atoms with van der Waals surface area (Å²) in [5.41, 5.74) is 4.62. The Labute approximate surface area is 310 Å². The maximum atomic E-state index is 15.5. The predicted octanol–water partition coefficient (Wildman–Crippen LogP) is 4.71. The van der Waals surface area contributed by atoms with Crippen molar-refractivity contribution < 1.29 is 28.6 Å². The summed E-state index contributed by atoms with van der Waals surface area (Å²) in [6.45, 7) is 2.38. The van der Waals surface area contributed by atoms with Gasteiger partial charge in [-0.3, -0.25) is 29.2 Å². The van der Waals surface area contributed by atoms with Crippen LogP contribution in [0.15, 0.2) is 73.1 Å². The number of rotatable bonds is 6. The van der Waals surface area contributed by atoms with E-state index in [1.54, 1.807) is 35.4 Å². The van der Waals surface area contributed by atoms with Crippen LogP contribution in [-0.2, 0) is 14.4 Å². The first kappa shape index (κ1) is 33.9. The molecule has 0 radical (unpaired) electrons. The van der Waals surface area contributed by atoms with Crippen molar-refractivity contribution in [1.29, 1.82) is 0 Å². The van der Waals surface area contributed by atoms with Gasteiger partial charge in [0.05, 0.1) is 41.9 Å². The second-order valence-electron chi connectivity index (χ2n) is 14.4. The minimum atomic E-state index is -0.495. The number of hydrogen-bond acceptors (Lipinski definition) is 10. The van der Waals surface area contributed by atoms with Crippen molar-refractivity contribution in [2.75, 3.05) is 42.6 Å². The molecule has 2 N–H and O–H groups in total. The molecule has 3 amide bonds. The van der Waals surface area contributed by atoms with Crippen LogP contribution in [0.2, 0.25) is 0 Å². The van der Waals surface area contributed by atoms with E-state index in [1.165, 1.54) is 6.07 Å². The molecule has 2 saturated heterocycles. The number of pyridine rings is 1. The number of carbonyl (C=O) groups excluding carboxylic acids is 3. The fraction of sp³-hybridized carbons (Fsp3) is 0.350. The zero-order valence-corrected chi connectivity index (χ0v) is 29.5. The number of phenolic OH excluding ortho intramolecular Hbond substituents is 1. The van der Waals surface area contributed by atoms with E-state index in [2.05, 4.69) is 20.4 Å². The quantitative estimate of drug-likeness (QED) is 0.236. The van der Waals surface area contributed by atoms with Gasteiger partial charge in [0.15, 0.2) is 0 Å². The van der Waals surface area contributed by atoms with Gasteiger partial charge >= 0.3 is 0 Å². The molecule has 14 heteroatoms. The fourth-order valence-electron chi connectivity index (χ4n) is 8.63. The lowest BCUT2D eigenvalue weighted by Gasteiger charge is -2.42. The Balaban J connectivity index is 0.846. The Kier molecular flexibility index (Phi) is 8.68. The number of nitrogens with one attached hydrogen (secondary N) is 1. The Morgan fingerprint density at radius 1 is 0.907 bits per heavy atom. The number of phenols is 1. The summed E-state index contributed by atoms with van der Waals surface area (Å²) < 4.78 is 23.5. The summed E-state index contributed by atoms with van der Waals surface area (Å²) in [6, 6.07) is 17.4. The Morgan fingerprint density at radius 3 is 2.54 bits per heavy atom. The third kappa shape index (κ3) is 6.09. The number of para-hydroxylation sites is 1. The largest absolute Gasteiger partial charge is 0.507 e. The van der Waals surface area contributed by atoms with Gasteiger partial charge in [0.1, 0.15) is 41.3 Å². The minimum Gasteiger partial charge on any atom is -0.507 e. The van der Waals surface area contributed by atoms with Crippen LogP contribution in [0, 0.1) is 5.82 Å². The van der Waals surface area contributed by atoms with Crippen molar-refractivity contribution in [3.05, 3.63) is 84.4 Å². The van der Waals surface area contributed by atoms with Crippen LogP contribution in [0.4, 0.5) is 15.8 Å². The standard InChI is InChI=1S/C40H39FN8O5/c41-28-10-11-31-39(54-20-19-48(31)32-12-14-36(51)43-40(32)53)38(28)24-5-7-25(8-6-24)46-17-18-47(37(52)23-46)26-9-13-35(42-22-26)49-16-15-29-33(49)21-30(45-44-29)27-3-1-2-4-34(27)50/h1-4,9-11,13,15-16,21-22,24-25,32,50H,5-8,12,14,17-20,23H2,(H,43,51,53). The average Bonchev–Trinajstić information content (AvgIpc) is 3.61. The molecular weight excluding hydrogens is 691 g/mol.